The summed E-state index contributed by atoms with van der Waals surface area (Å²) in [7, 11) is 1.28. The molecule has 2 aromatic heterocycles. The van der Waals surface area contributed by atoms with Gasteiger partial charge in [0.1, 0.15) is 0 Å². The molecule has 0 saturated carbocycles. The van der Waals surface area contributed by atoms with Crippen LogP contribution in [0.3, 0.4) is 0 Å². The second kappa shape index (κ2) is 5.45. The Balaban J connectivity index is 1.88. The van der Waals surface area contributed by atoms with Crippen LogP contribution in [-0.4, -0.2) is 43.3 Å². The Bertz CT molecular complexity index is 754. The summed E-state index contributed by atoms with van der Waals surface area (Å²) in [6, 6.07) is 9.45. The number of esters is 1. The molecule has 2 heterocycles. The number of rotatable bonds is 3. The van der Waals surface area contributed by atoms with Crippen molar-refractivity contribution in [1.82, 2.24) is 30.2 Å². The molecule has 3 rings (SSSR count). The molecule has 8 heteroatoms. The van der Waals surface area contributed by atoms with Crippen LogP contribution in [-0.2, 0) is 4.74 Å². The molecule has 8 nitrogen and oxygen atoms in total. The van der Waals surface area contributed by atoms with E-state index >= 15 is 0 Å². The first-order valence-corrected chi connectivity index (χ1v) is 6.04. The van der Waals surface area contributed by atoms with Crippen molar-refractivity contribution in [3.63, 3.8) is 0 Å². The third-order valence-corrected chi connectivity index (χ3v) is 2.68. The lowest BCUT2D eigenvalue weighted by Crippen LogP contribution is -2.08. The maximum Gasteiger partial charge on any atom is 0.358 e. The molecule has 104 valence electrons. The highest BCUT2D eigenvalue weighted by molar-refractivity contribution is 5.86. The summed E-state index contributed by atoms with van der Waals surface area (Å²) in [4.78, 5) is 20.5. The monoisotopic (exact) mass is 282 g/mol. The molecule has 0 amide bonds. The lowest BCUT2D eigenvalue weighted by Gasteiger charge is -1.99. The average molecular weight is 282 g/mol. The molecule has 0 radical (unpaired) electrons. The Hall–Kier alpha value is -3.16. The normalized spacial score (nSPS) is 10.3. The lowest BCUT2D eigenvalue weighted by molar-refractivity contribution is 0.0593. The number of carbonyl (C=O) groups excluding carboxylic acids is 1. The van der Waals surface area contributed by atoms with Crippen LogP contribution in [0.25, 0.3) is 17.2 Å². The third kappa shape index (κ3) is 2.59. The first kappa shape index (κ1) is 12.9. The van der Waals surface area contributed by atoms with Crippen LogP contribution in [0.2, 0.25) is 0 Å². The topological polar surface area (TPSA) is 95.7 Å². The maximum atomic E-state index is 11.3. The van der Waals surface area contributed by atoms with E-state index in [1.54, 1.807) is 0 Å². The number of hydrogen-bond donors (Lipinski definition) is 0. The van der Waals surface area contributed by atoms with Gasteiger partial charge in [0.15, 0.2) is 11.5 Å². The fraction of sp³-hybridized carbons (Fsp3) is 0.0769. The van der Waals surface area contributed by atoms with Crippen molar-refractivity contribution in [3.8, 4) is 17.2 Å². The highest BCUT2D eigenvalue weighted by Gasteiger charge is 2.11. The molecule has 0 unspecified atom stereocenters. The van der Waals surface area contributed by atoms with Crippen molar-refractivity contribution >= 4 is 5.97 Å². The van der Waals surface area contributed by atoms with Gasteiger partial charge >= 0.3 is 5.97 Å². The molecule has 3 aromatic rings. The van der Waals surface area contributed by atoms with Gasteiger partial charge < -0.3 is 4.74 Å². The van der Waals surface area contributed by atoms with Crippen molar-refractivity contribution in [1.29, 1.82) is 0 Å². The van der Waals surface area contributed by atoms with Crippen LogP contribution in [0.1, 0.15) is 10.5 Å². The van der Waals surface area contributed by atoms with Gasteiger partial charge in [0.25, 0.3) is 0 Å². The summed E-state index contributed by atoms with van der Waals surface area (Å²) in [5, 5.41) is 12.1. The Kier molecular flexibility index (Phi) is 3.34. The van der Waals surface area contributed by atoms with Gasteiger partial charge in [-0.05, 0) is 5.21 Å². The van der Waals surface area contributed by atoms with Gasteiger partial charge in [-0.1, -0.05) is 30.3 Å². The molecule has 0 aliphatic rings. The molecule has 21 heavy (non-hydrogen) atoms. The van der Waals surface area contributed by atoms with Crippen LogP contribution >= 0.6 is 0 Å². The Morgan fingerprint density at radius 2 is 1.95 bits per heavy atom. The SMILES string of the molecule is COC(=O)c1cnc(-n2nnc(-c3ccccc3)n2)cn1. The van der Waals surface area contributed by atoms with Crippen LogP contribution in [0.4, 0.5) is 0 Å². The van der Waals surface area contributed by atoms with E-state index in [9.17, 15) is 4.79 Å². The minimum atomic E-state index is -0.550. The molecule has 1 aromatic carbocycles. The van der Waals surface area contributed by atoms with Crippen molar-refractivity contribution in [3.05, 3.63) is 48.4 Å². The molecular weight excluding hydrogens is 272 g/mol. The van der Waals surface area contributed by atoms with Crippen LogP contribution in [0.15, 0.2) is 42.7 Å². The third-order valence-electron chi connectivity index (χ3n) is 2.68. The highest BCUT2D eigenvalue weighted by atomic mass is 16.5. The van der Waals surface area contributed by atoms with E-state index in [1.807, 2.05) is 30.3 Å². The zero-order chi connectivity index (χ0) is 14.7. The average Bonchev–Trinajstić information content (AvgIpc) is 3.05. The number of nitrogens with zero attached hydrogens (tertiary/aromatic N) is 6. The fourth-order valence-electron chi connectivity index (χ4n) is 1.65. The summed E-state index contributed by atoms with van der Waals surface area (Å²) in [5.74, 6) is 0.289. The minimum Gasteiger partial charge on any atom is -0.464 e. The Labute approximate surface area is 119 Å². The van der Waals surface area contributed by atoms with Gasteiger partial charge in [0.2, 0.25) is 5.82 Å². The highest BCUT2D eigenvalue weighted by Crippen LogP contribution is 2.12. The van der Waals surface area contributed by atoms with Gasteiger partial charge in [-0.2, -0.15) is 0 Å². The first-order chi connectivity index (χ1) is 10.3. The van der Waals surface area contributed by atoms with Gasteiger partial charge in [-0.25, -0.2) is 14.8 Å². The molecule has 0 spiro atoms. The number of methoxy groups -OCH3 is 1. The molecule has 0 bridgehead atoms. The van der Waals surface area contributed by atoms with Gasteiger partial charge in [0, 0.05) is 5.56 Å². The number of benzene rings is 1. The predicted molar refractivity (Wildman–Crippen MR) is 71.5 cm³/mol. The molecule has 0 saturated heterocycles. The van der Waals surface area contributed by atoms with Crippen molar-refractivity contribution in [2.45, 2.75) is 0 Å². The lowest BCUT2D eigenvalue weighted by atomic mass is 10.2. The van der Waals surface area contributed by atoms with E-state index in [4.69, 9.17) is 0 Å². The predicted octanol–water partition coefficient (Wildman–Crippen LogP) is 0.906. The number of carbonyl (C=O) groups is 1. The van der Waals surface area contributed by atoms with Gasteiger partial charge in [-0.3, -0.25) is 0 Å². The zero-order valence-electron chi connectivity index (χ0n) is 11.0. The molecule has 0 aliphatic carbocycles. The molecule has 0 fully saturated rings. The minimum absolute atomic E-state index is 0.115. The van der Waals surface area contributed by atoms with Crippen molar-refractivity contribution in [2.24, 2.45) is 0 Å². The summed E-state index contributed by atoms with van der Waals surface area (Å²) < 4.78 is 4.55. The van der Waals surface area contributed by atoms with Gasteiger partial charge in [0.05, 0.1) is 19.5 Å². The van der Waals surface area contributed by atoms with E-state index in [0.29, 0.717) is 11.6 Å². The van der Waals surface area contributed by atoms with E-state index in [2.05, 4.69) is 30.1 Å². The molecule has 0 N–H and O–H groups in total. The van der Waals surface area contributed by atoms with Crippen molar-refractivity contribution < 1.29 is 9.53 Å². The standard InChI is InChI=1S/C13H10N6O2/c1-21-13(20)10-7-15-11(8-14-10)19-17-12(16-18-19)9-5-3-2-4-6-9/h2-8H,1H3. The molecular formula is C13H10N6O2. The Morgan fingerprint density at radius 3 is 2.62 bits per heavy atom. The first-order valence-electron chi connectivity index (χ1n) is 6.04. The van der Waals surface area contributed by atoms with Crippen LogP contribution in [0, 0.1) is 0 Å². The Morgan fingerprint density at radius 1 is 1.14 bits per heavy atom. The number of ether oxygens (including phenoxy) is 1. The van der Waals surface area contributed by atoms with Crippen LogP contribution < -0.4 is 0 Å². The molecule has 0 aliphatic heterocycles. The van der Waals surface area contributed by atoms with Crippen molar-refractivity contribution in [2.75, 3.05) is 7.11 Å². The number of tetrazole rings is 1. The molecule has 0 atom stereocenters. The second-order valence-corrected chi connectivity index (χ2v) is 4.02. The van der Waals surface area contributed by atoms with Gasteiger partial charge in [-0.15, -0.1) is 15.0 Å². The van der Waals surface area contributed by atoms with Crippen LogP contribution in [0.5, 0.6) is 0 Å². The van der Waals surface area contributed by atoms with E-state index in [0.717, 1.165) is 5.56 Å². The fourth-order valence-corrected chi connectivity index (χ4v) is 1.65. The number of aromatic nitrogens is 6. The summed E-state index contributed by atoms with van der Waals surface area (Å²) in [6.45, 7) is 0. The summed E-state index contributed by atoms with van der Waals surface area (Å²) in [6.07, 6.45) is 2.68. The largest absolute Gasteiger partial charge is 0.464 e. The maximum absolute atomic E-state index is 11.3. The zero-order valence-corrected chi connectivity index (χ0v) is 11.0. The number of hydrogen-bond acceptors (Lipinski definition) is 7. The van der Waals surface area contributed by atoms with E-state index in [1.165, 1.54) is 24.3 Å². The van der Waals surface area contributed by atoms with E-state index < -0.39 is 5.97 Å². The smallest absolute Gasteiger partial charge is 0.358 e. The summed E-state index contributed by atoms with van der Waals surface area (Å²) >= 11 is 0. The van der Waals surface area contributed by atoms with E-state index in [-0.39, 0.29) is 5.69 Å². The second-order valence-electron chi connectivity index (χ2n) is 4.02. The quantitative estimate of drug-likeness (QED) is 0.658. The summed E-state index contributed by atoms with van der Waals surface area (Å²) in [5.41, 5.74) is 0.965.